The number of benzene rings is 1. The van der Waals surface area contributed by atoms with Crippen LogP contribution in [0.5, 0.6) is 0 Å². The summed E-state index contributed by atoms with van der Waals surface area (Å²) in [6.45, 7) is 12.0. The number of likely N-dealkylation sites (N-methyl/N-ethyl adjacent to an activating group) is 1. The van der Waals surface area contributed by atoms with Gasteiger partial charge in [0.2, 0.25) is 0 Å². The van der Waals surface area contributed by atoms with Crippen molar-refractivity contribution < 1.29 is 4.21 Å². The molecule has 0 fully saturated rings. The fourth-order valence-electron chi connectivity index (χ4n) is 4.95. The average Bonchev–Trinajstić information content (AvgIpc) is 2.90. The molecular weight excluding hydrogens is 476 g/mol. The highest BCUT2D eigenvalue weighted by atomic mass is 32.2. The third kappa shape index (κ3) is 7.78. The zero-order valence-corrected chi connectivity index (χ0v) is 24.6. The number of aromatic nitrogens is 1. The standard InChI is InChI=1S/C31H46N4OS/c1-8-11-24(15-14-22(3)4)20-33-30-18-27(28-16-23(5)19-34-31(28)32-6)29(21-35(30)7)25-12-10-13-26(17-25)37(36)9-2/h10,12-13,16-19,21-22,24,30,33H,8-9,11,14-15,20H2,1-7H3,(H,32,34). The van der Waals surface area contributed by atoms with E-state index >= 15 is 0 Å². The van der Waals surface area contributed by atoms with E-state index < -0.39 is 10.8 Å². The van der Waals surface area contributed by atoms with E-state index in [9.17, 15) is 4.21 Å². The Morgan fingerprint density at radius 3 is 2.57 bits per heavy atom. The topological polar surface area (TPSA) is 57.3 Å². The number of hydrogen-bond acceptors (Lipinski definition) is 5. The summed E-state index contributed by atoms with van der Waals surface area (Å²) in [6, 6.07) is 10.4. The Labute approximate surface area is 227 Å². The van der Waals surface area contributed by atoms with E-state index in [0.717, 1.165) is 51.0 Å². The molecule has 0 radical (unpaired) electrons. The fourth-order valence-corrected chi connectivity index (χ4v) is 5.77. The van der Waals surface area contributed by atoms with Gasteiger partial charge < -0.3 is 10.2 Å². The van der Waals surface area contributed by atoms with E-state index in [-0.39, 0.29) is 6.17 Å². The number of anilines is 1. The van der Waals surface area contributed by atoms with E-state index in [2.05, 4.69) is 85.7 Å². The maximum atomic E-state index is 12.6. The molecule has 1 aromatic carbocycles. The summed E-state index contributed by atoms with van der Waals surface area (Å²) in [5.74, 6) is 2.89. The van der Waals surface area contributed by atoms with Crippen molar-refractivity contribution in [1.29, 1.82) is 0 Å². The van der Waals surface area contributed by atoms with Gasteiger partial charge in [-0.3, -0.25) is 9.53 Å². The first-order valence-corrected chi connectivity index (χ1v) is 15.1. The van der Waals surface area contributed by atoms with Gasteiger partial charge in [0.25, 0.3) is 0 Å². The van der Waals surface area contributed by atoms with Crippen molar-refractivity contribution in [3.05, 3.63) is 65.5 Å². The van der Waals surface area contributed by atoms with Gasteiger partial charge >= 0.3 is 0 Å². The van der Waals surface area contributed by atoms with Crippen LogP contribution in [0, 0.1) is 18.8 Å². The molecular formula is C31H46N4OS. The first-order chi connectivity index (χ1) is 17.8. The Morgan fingerprint density at radius 1 is 1.11 bits per heavy atom. The van der Waals surface area contributed by atoms with Crippen LogP contribution in [0.25, 0.3) is 11.1 Å². The zero-order chi connectivity index (χ0) is 26.9. The molecule has 37 heavy (non-hydrogen) atoms. The molecule has 1 aliphatic heterocycles. The summed E-state index contributed by atoms with van der Waals surface area (Å²) in [5, 5.41) is 7.15. The molecule has 0 spiro atoms. The van der Waals surface area contributed by atoms with Crippen LogP contribution in [-0.4, -0.2) is 46.7 Å². The number of rotatable bonds is 13. The van der Waals surface area contributed by atoms with Crippen molar-refractivity contribution in [2.45, 2.75) is 71.4 Å². The Morgan fingerprint density at radius 2 is 1.89 bits per heavy atom. The van der Waals surface area contributed by atoms with Crippen LogP contribution in [0.3, 0.4) is 0 Å². The molecule has 6 heteroatoms. The van der Waals surface area contributed by atoms with E-state index in [0.29, 0.717) is 11.7 Å². The zero-order valence-electron chi connectivity index (χ0n) is 23.8. The van der Waals surface area contributed by atoms with Gasteiger partial charge in [0.15, 0.2) is 0 Å². The van der Waals surface area contributed by atoms with Gasteiger partial charge in [-0.05, 0) is 72.6 Å². The number of nitrogens with zero attached hydrogens (tertiary/aromatic N) is 2. The minimum absolute atomic E-state index is 0.0790. The molecule has 2 heterocycles. The molecule has 1 aliphatic rings. The molecule has 2 aromatic rings. The predicted octanol–water partition coefficient (Wildman–Crippen LogP) is 6.70. The fraction of sp³-hybridized carbons (Fsp3) is 0.516. The smallest absolute Gasteiger partial charge is 0.133 e. The highest BCUT2D eigenvalue weighted by Gasteiger charge is 2.25. The summed E-state index contributed by atoms with van der Waals surface area (Å²) in [4.78, 5) is 7.81. The van der Waals surface area contributed by atoms with E-state index in [1.54, 1.807) is 0 Å². The summed E-state index contributed by atoms with van der Waals surface area (Å²) in [6.07, 6.45) is 11.5. The van der Waals surface area contributed by atoms with Gasteiger partial charge in [-0.2, -0.15) is 0 Å². The number of nitrogens with one attached hydrogen (secondary N) is 2. The van der Waals surface area contributed by atoms with Crippen LogP contribution in [-0.2, 0) is 10.8 Å². The van der Waals surface area contributed by atoms with Crippen LogP contribution in [0.1, 0.15) is 70.1 Å². The van der Waals surface area contributed by atoms with Gasteiger partial charge in [-0.1, -0.05) is 52.7 Å². The summed E-state index contributed by atoms with van der Waals surface area (Å²) >= 11 is 0. The number of hydrogen-bond donors (Lipinski definition) is 2. The van der Waals surface area contributed by atoms with Crippen LogP contribution < -0.4 is 10.6 Å². The molecule has 5 nitrogen and oxygen atoms in total. The van der Waals surface area contributed by atoms with E-state index in [1.807, 2.05) is 32.3 Å². The van der Waals surface area contributed by atoms with Crippen LogP contribution >= 0.6 is 0 Å². The van der Waals surface area contributed by atoms with Crippen molar-refractivity contribution in [1.82, 2.24) is 15.2 Å². The van der Waals surface area contributed by atoms with Gasteiger partial charge in [0.1, 0.15) is 5.82 Å². The number of pyridine rings is 1. The van der Waals surface area contributed by atoms with Crippen molar-refractivity contribution in [2.24, 2.45) is 11.8 Å². The van der Waals surface area contributed by atoms with Crippen molar-refractivity contribution in [3.8, 4) is 0 Å². The summed E-state index contributed by atoms with van der Waals surface area (Å²) in [7, 11) is 3.06. The monoisotopic (exact) mass is 522 g/mol. The number of allylic oxidation sites excluding steroid dienone is 2. The highest BCUT2D eigenvalue weighted by molar-refractivity contribution is 7.85. The Hall–Kier alpha value is -2.44. The lowest BCUT2D eigenvalue weighted by molar-refractivity contribution is 0.289. The van der Waals surface area contributed by atoms with E-state index in [1.165, 1.54) is 25.7 Å². The Bertz CT molecular complexity index is 1120. The third-order valence-corrected chi connectivity index (χ3v) is 8.38. The van der Waals surface area contributed by atoms with Gasteiger partial charge in [-0.25, -0.2) is 4.98 Å². The molecule has 0 bridgehead atoms. The minimum atomic E-state index is -1.000. The third-order valence-electron chi connectivity index (χ3n) is 7.07. The highest BCUT2D eigenvalue weighted by Crippen LogP contribution is 2.38. The van der Waals surface area contributed by atoms with Crippen molar-refractivity contribution in [3.63, 3.8) is 0 Å². The van der Waals surface area contributed by atoms with Gasteiger partial charge in [0, 0.05) is 54.8 Å². The maximum absolute atomic E-state index is 12.6. The SMILES string of the molecule is CCCC(CCC(C)C)CNC1C=C(c2cc(C)cnc2NC)C(c2cccc(S(=O)CC)c2)=CN1C. The second-order valence-electron chi connectivity index (χ2n) is 10.6. The average molecular weight is 523 g/mol. The van der Waals surface area contributed by atoms with Crippen LogP contribution in [0.2, 0.25) is 0 Å². The second kappa shape index (κ2) is 13.9. The lowest BCUT2D eigenvalue weighted by Gasteiger charge is -2.34. The molecule has 0 saturated carbocycles. The summed E-state index contributed by atoms with van der Waals surface area (Å²) in [5.41, 5.74) is 5.53. The molecule has 3 atom stereocenters. The molecule has 0 saturated heterocycles. The maximum Gasteiger partial charge on any atom is 0.133 e. The predicted molar refractivity (Wildman–Crippen MR) is 160 cm³/mol. The Kier molecular flexibility index (Phi) is 11.0. The van der Waals surface area contributed by atoms with Gasteiger partial charge in [-0.15, -0.1) is 0 Å². The Balaban J connectivity index is 2.00. The second-order valence-corrected chi connectivity index (χ2v) is 12.3. The molecule has 202 valence electrons. The van der Waals surface area contributed by atoms with Gasteiger partial charge in [0.05, 0.1) is 17.0 Å². The number of aryl methyl sites for hydroxylation is 1. The molecule has 3 rings (SSSR count). The first kappa shape index (κ1) is 29.1. The quantitative estimate of drug-likeness (QED) is 0.307. The molecule has 1 aromatic heterocycles. The molecule has 2 N–H and O–H groups in total. The lowest BCUT2D eigenvalue weighted by Crippen LogP contribution is -2.43. The summed E-state index contributed by atoms with van der Waals surface area (Å²) < 4.78 is 12.6. The van der Waals surface area contributed by atoms with Crippen molar-refractivity contribution >= 4 is 27.8 Å². The molecule has 3 unspecified atom stereocenters. The molecule has 0 aliphatic carbocycles. The van der Waals surface area contributed by atoms with Crippen LogP contribution in [0.15, 0.2) is 53.7 Å². The lowest BCUT2D eigenvalue weighted by atomic mass is 9.89. The molecule has 0 amide bonds. The minimum Gasteiger partial charge on any atom is -0.373 e. The normalized spacial score (nSPS) is 17.4. The first-order valence-electron chi connectivity index (χ1n) is 13.8. The van der Waals surface area contributed by atoms with Crippen molar-refractivity contribution in [2.75, 3.05) is 31.7 Å². The van der Waals surface area contributed by atoms with Crippen LogP contribution in [0.4, 0.5) is 5.82 Å². The largest absolute Gasteiger partial charge is 0.373 e. The van der Waals surface area contributed by atoms with E-state index in [4.69, 9.17) is 0 Å².